The van der Waals surface area contributed by atoms with Crippen LogP contribution in [0.4, 0.5) is 0 Å². The Morgan fingerprint density at radius 2 is 2.00 bits per heavy atom. The molecule has 0 amide bonds. The molecule has 0 atom stereocenters. The summed E-state index contributed by atoms with van der Waals surface area (Å²) in [6, 6.07) is 5.49. The Morgan fingerprint density at radius 1 is 1.16 bits per heavy atom. The molecule has 2 heterocycles. The van der Waals surface area contributed by atoms with Crippen LogP contribution in [-0.2, 0) is 6.54 Å². The van der Waals surface area contributed by atoms with Crippen LogP contribution in [0.25, 0.3) is 16.9 Å². The molecule has 2 aromatic heterocycles. The highest BCUT2D eigenvalue weighted by atomic mass is 35.5. The molecule has 96 valence electrons. The van der Waals surface area contributed by atoms with Crippen LogP contribution >= 0.6 is 23.2 Å². The van der Waals surface area contributed by atoms with Gasteiger partial charge in [0.2, 0.25) is 0 Å². The first-order chi connectivity index (χ1) is 9.20. The van der Waals surface area contributed by atoms with Gasteiger partial charge in [0.1, 0.15) is 0 Å². The van der Waals surface area contributed by atoms with Gasteiger partial charge in [-0.15, -0.1) is 0 Å². The molecule has 0 radical (unpaired) electrons. The van der Waals surface area contributed by atoms with Crippen molar-refractivity contribution in [2.45, 2.75) is 6.54 Å². The van der Waals surface area contributed by atoms with Crippen molar-refractivity contribution in [3.8, 4) is 11.3 Å². The minimum Gasteiger partial charge on any atom is -0.325 e. The van der Waals surface area contributed by atoms with E-state index in [1.165, 1.54) is 0 Å². The van der Waals surface area contributed by atoms with Gasteiger partial charge in [-0.2, -0.15) is 0 Å². The van der Waals surface area contributed by atoms with Gasteiger partial charge in [0, 0.05) is 24.5 Å². The average Bonchev–Trinajstić information content (AvgIpc) is 2.85. The van der Waals surface area contributed by atoms with E-state index in [2.05, 4.69) is 9.97 Å². The number of benzene rings is 1. The molecule has 0 saturated heterocycles. The molecule has 0 saturated carbocycles. The fourth-order valence-corrected chi connectivity index (χ4v) is 2.28. The van der Waals surface area contributed by atoms with Crippen molar-refractivity contribution in [2.24, 2.45) is 5.73 Å². The third-order valence-electron chi connectivity index (χ3n) is 2.91. The van der Waals surface area contributed by atoms with E-state index in [1.807, 2.05) is 22.7 Å². The molecule has 2 N–H and O–H groups in total. The first kappa shape index (κ1) is 12.4. The summed E-state index contributed by atoms with van der Waals surface area (Å²) in [5.41, 5.74) is 9.03. The van der Waals surface area contributed by atoms with Crippen molar-refractivity contribution in [1.29, 1.82) is 0 Å². The molecule has 19 heavy (non-hydrogen) atoms. The predicted molar refractivity (Wildman–Crippen MR) is 76.3 cm³/mol. The van der Waals surface area contributed by atoms with Gasteiger partial charge < -0.3 is 5.73 Å². The molecular weight excluding hydrogens is 283 g/mol. The summed E-state index contributed by atoms with van der Waals surface area (Å²) < 4.78 is 1.94. The lowest BCUT2D eigenvalue weighted by Gasteiger charge is -2.04. The van der Waals surface area contributed by atoms with Gasteiger partial charge >= 0.3 is 0 Å². The summed E-state index contributed by atoms with van der Waals surface area (Å²) in [5.74, 6) is 0. The fourth-order valence-electron chi connectivity index (χ4n) is 1.99. The molecule has 0 spiro atoms. The maximum absolute atomic E-state index is 6.05. The van der Waals surface area contributed by atoms with Gasteiger partial charge in [0.05, 0.1) is 27.6 Å². The molecule has 0 aliphatic heterocycles. The van der Waals surface area contributed by atoms with E-state index in [9.17, 15) is 0 Å². The number of rotatable bonds is 2. The standard InChI is InChI=1S/C13H10Cl2N4/c14-9-2-1-8(5-10(9)15)12-7-18-13-11(6-16)17-3-4-19(12)13/h1-5,7H,6,16H2. The normalized spacial score (nSPS) is 11.1. The van der Waals surface area contributed by atoms with Crippen molar-refractivity contribution < 1.29 is 0 Å². The summed E-state index contributed by atoms with van der Waals surface area (Å²) in [4.78, 5) is 8.57. The van der Waals surface area contributed by atoms with Crippen LogP contribution in [0.15, 0.2) is 36.8 Å². The Morgan fingerprint density at radius 3 is 2.74 bits per heavy atom. The van der Waals surface area contributed by atoms with Crippen molar-refractivity contribution >= 4 is 28.8 Å². The smallest absolute Gasteiger partial charge is 0.160 e. The van der Waals surface area contributed by atoms with E-state index in [0.717, 1.165) is 22.6 Å². The summed E-state index contributed by atoms with van der Waals surface area (Å²) in [7, 11) is 0. The van der Waals surface area contributed by atoms with Gasteiger partial charge in [-0.25, -0.2) is 4.98 Å². The highest BCUT2D eigenvalue weighted by Crippen LogP contribution is 2.29. The Bertz CT molecular complexity index is 751. The Labute approximate surface area is 119 Å². The molecule has 1 aromatic carbocycles. The van der Waals surface area contributed by atoms with E-state index in [0.29, 0.717) is 16.6 Å². The van der Waals surface area contributed by atoms with Crippen LogP contribution in [0.3, 0.4) is 0 Å². The molecule has 0 aliphatic rings. The quantitative estimate of drug-likeness (QED) is 0.789. The van der Waals surface area contributed by atoms with Crippen molar-refractivity contribution in [2.75, 3.05) is 0 Å². The van der Waals surface area contributed by atoms with Crippen LogP contribution in [0, 0.1) is 0 Å². The minimum atomic E-state index is 0.349. The third kappa shape index (κ3) is 2.08. The minimum absolute atomic E-state index is 0.349. The first-order valence-electron chi connectivity index (χ1n) is 5.67. The molecule has 3 rings (SSSR count). The molecule has 0 bridgehead atoms. The Balaban J connectivity index is 2.23. The zero-order chi connectivity index (χ0) is 13.4. The van der Waals surface area contributed by atoms with Crippen molar-refractivity contribution in [3.05, 3.63) is 52.5 Å². The maximum Gasteiger partial charge on any atom is 0.160 e. The molecule has 0 aliphatic carbocycles. The summed E-state index contributed by atoms with van der Waals surface area (Å²) >= 11 is 12.0. The summed E-state index contributed by atoms with van der Waals surface area (Å²) in [6.45, 7) is 0.349. The molecule has 6 heteroatoms. The number of halogens is 2. The average molecular weight is 293 g/mol. The van der Waals surface area contributed by atoms with Crippen LogP contribution in [-0.4, -0.2) is 14.4 Å². The second-order valence-corrected chi connectivity index (χ2v) is 4.86. The van der Waals surface area contributed by atoms with Crippen molar-refractivity contribution in [1.82, 2.24) is 14.4 Å². The number of nitrogens with zero attached hydrogens (tertiary/aromatic N) is 3. The maximum atomic E-state index is 6.05. The van der Waals surface area contributed by atoms with Gasteiger partial charge in [-0.1, -0.05) is 29.3 Å². The largest absolute Gasteiger partial charge is 0.325 e. The fraction of sp³-hybridized carbons (Fsp3) is 0.0769. The predicted octanol–water partition coefficient (Wildman–Crippen LogP) is 3.16. The molecule has 0 unspecified atom stereocenters. The number of nitrogens with two attached hydrogens (primary N) is 1. The lowest BCUT2D eigenvalue weighted by atomic mass is 10.2. The van der Waals surface area contributed by atoms with E-state index < -0.39 is 0 Å². The van der Waals surface area contributed by atoms with Crippen molar-refractivity contribution in [3.63, 3.8) is 0 Å². The van der Waals surface area contributed by atoms with Crippen LogP contribution < -0.4 is 5.73 Å². The molecule has 0 fully saturated rings. The van der Waals surface area contributed by atoms with E-state index in [4.69, 9.17) is 28.9 Å². The van der Waals surface area contributed by atoms with Gasteiger partial charge in [0.15, 0.2) is 5.65 Å². The van der Waals surface area contributed by atoms with Crippen LogP contribution in [0.5, 0.6) is 0 Å². The van der Waals surface area contributed by atoms with E-state index >= 15 is 0 Å². The Kier molecular flexibility index (Phi) is 3.14. The number of hydrogen-bond acceptors (Lipinski definition) is 3. The number of hydrogen-bond donors (Lipinski definition) is 1. The molecular formula is C13H10Cl2N4. The second kappa shape index (κ2) is 4.81. The zero-order valence-electron chi connectivity index (χ0n) is 9.85. The summed E-state index contributed by atoms with van der Waals surface area (Å²) in [6.07, 6.45) is 5.33. The van der Waals surface area contributed by atoms with Crippen LogP contribution in [0.2, 0.25) is 10.0 Å². The second-order valence-electron chi connectivity index (χ2n) is 4.04. The van der Waals surface area contributed by atoms with Gasteiger partial charge in [-0.3, -0.25) is 9.38 Å². The third-order valence-corrected chi connectivity index (χ3v) is 3.65. The number of aromatic nitrogens is 3. The van der Waals surface area contributed by atoms with E-state index in [1.54, 1.807) is 18.5 Å². The molecule has 4 nitrogen and oxygen atoms in total. The highest BCUT2D eigenvalue weighted by Gasteiger charge is 2.10. The number of imidazole rings is 1. The van der Waals surface area contributed by atoms with Gasteiger partial charge in [-0.05, 0) is 12.1 Å². The van der Waals surface area contributed by atoms with E-state index in [-0.39, 0.29) is 0 Å². The Hall–Kier alpha value is -1.62. The van der Waals surface area contributed by atoms with Crippen LogP contribution in [0.1, 0.15) is 5.69 Å². The first-order valence-corrected chi connectivity index (χ1v) is 6.42. The number of fused-ring (bicyclic) bond motifs is 1. The zero-order valence-corrected chi connectivity index (χ0v) is 11.4. The topological polar surface area (TPSA) is 56.2 Å². The lowest BCUT2D eigenvalue weighted by molar-refractivity contribution is 0.963. The monoisotopic (exact) mass is 292 g/mol. The molecule has 3 aromatic rings. The summed E-state index contributed by atoms with van der Waals surface area (Å²) in [5, 5.41) is 1.05. The highest BCUT2D eigenvalue weighted by molar-refractivity contribution is 6.42. The lowest BCUT2D eigenvalue weighted by Crippen LogP contribution is -2.03. The van der Waals surface area contributed by atoms with Gasteiger partial charge in [0.25, 0.3) is 0 Å². The SMILES string of the molecule is NCc1nccn2c(-c3ccc(Cl)c(Cl)c3)cnc12.